The van der Waals surface area contributed by atoms with E-state index in [4.69, 9.17) is 10.2 Å². The quantitative estimate of drug-likeness (QED) is 0.647. The van der Waals surface area contributed by atoms with Crippen LogP contribution in [0.15, 0.2) is 30.3 Å². The summed E-state index contributed by atoms with van der Waals surface area (Å²) in [5, 5.41) is 16.5. The molecule has 0 spiro atoms. The van der Waals surface area contributed by atoms with Crippen molar-refractivity contribution in [3.63, 3.8) is 0 Å². The zero-order valence-corrected chi connectivity index (χ0v) is 6.70. The van der Waals surface area contributed by atoms with E-state index in [0.717, 1.165) is 6.42 Å². The van der Waals surface area contributed by atoms with Gasteiger partial charge in [0.25, 0.3) is 0 Å². The van der Waals surface area contributed by atoms with Crippen molar-refractivity contribution in [2.24, 2.45) is 0 Å². The Morgan fingerprint density at radius 1 is 1.18 bits per heavy atom. The van der Waals surface area contributed by atoms with Crippen molar-refractivity contribution in [2.75, 3.05) is 6.61 Å². The second-order valence-electron chi connectivity index (χ2n) is 2.06. The Morgan fingerprint density at radius 3 is 1.82 bits per heavy atom. The summed E-state index contributed by atoms with van der Waals surface area (Å²) in [4.78, 5) is 0. The van der Waals surface area contributed by atoms with Gasteiger partial charge in [-0.1, -0.05) is 25.1 Å². The van der Waals surface area contributed by atoms with Gasteiger partial charge in [-0.05, 0) is 18.6 Å². The van der Waals surface area contributed by atoms with Crippen LogP contribution >= 0.6 is 0 Å². The lowest BCUT2D eigenvalue weighted by Gasteiger charge is -1.82. The lowest BCUT2D eigenvalue weighted by Crippen LogP contribution is -1.69. The SMILES string of the molecule is CCCO.Oc1ccccc1. The van der Waals surface area contributed by atoms with Gasteiger partial charge in [0.05, 0.1) is 0 Å². The van der Waals surface area contributed by atoms with Gasteiger partial charge in [-0.15, -0.1) is 0 Å². The van der Waals surface area contributed by atoms with E-state index in [1.54, 1.807) is 24.3 Å². The Morgan fingerprint density at radius 2 is 1.64 bits per heavy atom. The maximum absolute atomic E-state index is 8.63. The van der Waals surface area contributed by atoms with Crippen LogP contribution in [0.5, 0.6) is 5.75 Å². The Labute approximate surface area is 67.1 Å². The number of aliphatic hydroxyl groups excluding tert-OH is 1. The van der Waals surface area contributed by atoms with Crippen molar-refractivity contribution in [1.29, 1.82) is 0 Å². The highest BCUT2D eigenvalue weighted by molar-refractivity contribution is 5.18. The third kappa shape index (κ3) is 6.87. The summed E-state index contributed by atoms with van der Waals surface area (Å²) in [6.07, 6.45) is 0.875. The molecule has 0 saturated heterocycles. The molecule has 0 radical (unpaired) electrons. The monoisotopic (exact) mass is 154 g/mol. The van der Waals surface area contributed by atoms with Gasteiger partial charge in [0.1, 0.15) is 5.75 Å². The molecule has 0 unspecified atom stereocenters. The number of phenolic OH excluding ortho intramolecular Hbond substituents is 1. The van der Waals surface area contributed by atoms with Crippen LogP contribution in [0.1, 0.15) is 13.3 Å². The molecule has 0 bridgehead atoms. The third-order valence-electron chi connectivity index (χ3n) is 0.980. The molecule has 0 amide bonds. The highest BCUT2D eigenvalue weighted by Gasteiger charge is 1.74. The molecule has 62 valence electrons. The van der Waals surface area contributed by atoms with Crippen molar-refractivity contribution in [1.82, 2.24) is 0 Å². The predicted molar refractivity (Wildman–Crippen MR) is 45.5 cm³/mol. The number of aliphatic hydroxyl groups is 1. The van der Waals surface area contributed by atoms with Gasteiger partial charge in [-0.2, -0.15) is 0 Å². The summed E-state index contributed by atoms with van der Waals surface area (Å²) >= 11 is 0. The number of hydrogen-bond donors (Lipinski definition) is 2. The molecule has 1 rings (SSSR count). The fourth-order valence-corrected chi connectivity index (χ4v) is 0.428. The molecule has 0 aliphatic carbocycles. The molecular formula is C9H14O2. The number of hydrogen-bond acceptors (Lipinski definition) is 2. The highest BCUT2D eigenvalue weighted by atomic mass is 16.3. The fraction of sp³-hybridized carbons (Fsp3) is 0.333. The summed E-state index contributed by atoms with van der Waals surface area (Å²) in [5.74, 6) is 0.322. The number of benzene rings is 1. The van der Waals surface area contributed by atoms with Gasteiger partial charge in [0.15, 0.2) is 0 Å². The average molecular weight is 154 g/mol. The Hall–Kier alpha value is -1.02. The first-order valence-corrected chi connectivity index (χ1v) is 3.66. The summed E-state index contributed by atoms with van der Waals surface area (Å²) in [7, 11) is 0. The van der Waals surface area contributed by atoms with Gasteiger partial charge < -0.3 is 10.2 Å². The fourth-order valence-electron chi connectivity index (χ4n) is 0.428. The first-order chi connectivity index (χ1) is 5.31. The summed E-state index contributed by atoms with van der Waals surface area (Å²) in [6, 6.07) is 8.71. The smallest absolute Gasteiger partial charge is 0.115 e. The van der Waals surface area contributed by atoms with Gasteiger partial charge in [-0.25, -0.2) is 0 Å². The van der Waals surface area contributed by atoms with E-state index in [1.807, 2.05) is 13.0 Å². The van der Waals surface area contributed by atoms with Crippen LogP contribution in [0.25, 0.3) is 0 Å². The van der Waals surface area contributed by atoms with Crippen LogP contribution in [-0.4, -0.2) is 16.8 Å². The zero-order chi connectivity index (χ0) is 8.53. The normalized spacial score (nSPS) is 8.18. The molecule has 0 aromatic heterocycles. The second kappa shape index (κ2) is 7.09. The topological polar surface area (TPSA) is 40.5 Å². The maximum atomic E-state index is 8.63. The first-order valence-electron chi connectivity index (χ1n) is 3.66. The molecule has 2 nitrogen and oxygen atoms in total. The minimum atomic E-state index is 0.319. The van der Waals surface area contributed by atoms with E-state index in [0.29, 0.717) is 12.4 Å². The largest absolute Gasteiger partial charge is 0.508 e. The van der Waals surface area contributed by atoms with Crippen LogP contribution in [0.2, 0.25) is 0 Å². The maximum Gasteiger partial charge on any atom is 0.115 e. The molecule has 0 aliphatic rings. The standard InChI is InChI=1S/C6H6O.C3H8O/c7-6-4-2-1-3-5-6;1-2-3-4/h1-5,7H;4H,2-3H2,1H3. The Balaban J connectivity index is 0.000000218. The van der Waals surface area contributed by atoms with Crippen molar-refractivity contribution in [3.8, 4) is 5.75 Å². The van der Waals surface area contributed by atoms with E-state index >= 15 is 0 Å². The Bertz CT molecular complexity index is 158. The molecule has 11 heavy (non-hydrogen) atoms. The van der Waals surface area contributed by atoms with Gasteiger partial charge in [0, 0.05) is 6.61 Å². The van der Waals surface area contributed by atoms with Crippen LogP contribution < -0.4 is 0 Å². The number of rotatable bonds is 1. The lowest BCUT2D eigenvalue weighted by molar-refractivity contribution is 0.295. The van der Waals surface area contributed by atoms with Crippen molar-refractivity contribution in [2.45, 2.75) is 13.3 Å². The van der Waals surface area contributed by atoms with Gasteiger partial charge in [-0.3, -0.25) is 0 Å². The summed E-state index contributed by atoms with van der Waals surface area (Å²) < 4.78 is 0. The van der Waals surface area contributed by atoms with Crippen molar-refractivity contribution in [3.05, 3.63) is 30.3 Å². The number of aromatic hydroxyl groups is 1. The van der Waals surface area contributed by atoms with E-state index in [2.05, 4.69) is 0 Å². The van der Waals surface area contributed by atoms with E-state index < -0.39 is 0 Å². The molecule has 1 aromatic rings. The molecule has 0 heterocycles. The minimum Gasteiger partial charge on any atom is -0.508 e. The van der Waals surface area contributed by atoms with Gasteiger partial charge >= 0.3 is 0 Å². The molecule has 2 heteroatoms. The molecule has 0 aliphatic heterocycles. The van der Waals surface area contributed by atoms with E-state index in [1.165, 1.54) is 0 Å². The zero-order valence-electron chi connectivity index (χ0n) is 6.70. The van der Waals surface area contributed by atoms with Crippen LogP contribution in [0.3, 0.4) is 0 Å². The van der Waals surface area contributed by atoms with Crippen LogP contribution in [-0.2, 0) is 0 Å². The number of para-hydroxylation sites is 1. The molecular weight excluding hydrogens is 140 g/mol. The molecule has 0 fully saturated rings. The number of phenols is 1. The van der Waals surface area contributed by atoms with Crippen molar-refractivity contribution < 1.29 is 10.2 Å². The molecule has 0 atom stereocenters. The minimum absolute atomic E-state index is 0.319. The molecule has 1 aromatic carbocycles. The predicted octanol–water partition coefficient (Wildman–Crippen LogP) is 1.78. The summed E-state index contributed by atoms with van der Waals surface area (Å²) in [6.45, 7) is 2.25. The second-order valence-corrected chi connectivity index (χ2v) is 2.06. The molecule has 2 N–H and O–H groups in total. The third-order valence-corrected chi connectivity index (χ3v) is 0.980. The van der Waals surface area contributed by atoms with Crippen LogP contribution in [0, 0.1) is 0 Å². The summed E-state index contributed by atoms with van der Waals surface area (Å²) in [5.41, 5.74) is 0. The Kier molecular flexibility index (Phi) is 6.43. The highest BCUT2D eigenvalue weighted by Crippen LogP contribution is 2.02. The van der Waals surface area contributed by atoms with Crippen molar-refractivity contribution >= 4 is 0 Å². The van der Waals surface area contributed by atoms with Crippen LogP contribution in [0.4, 0.5) is 0 Å². The first kappa shape index (κ1) is 9.98. The molecule has 0 saturated carbocycles. The van der Waals surface area contributed by atoms with E-state index in [-0.39, 0.29) is 0 Å². The van der Waals surface area contributed by atoms with Gasteiger partial charge in [0.2, 0.25) is 0 Å². The lowest BCUT2D eigenvalue weighted by atomic mass is 10.3. The van der Waals surface area contributed by atoms with E-state index in [9.17, 15) is 0 Å². The average Bonchev–Trinajstić information content (AvgIpc) is 2.07.